The number of nitrogens with two attached hydrogens (primary N) is 1. The largest absolute Gasteiger partial charge is 0.496 e. The number of nitrogen functional groups attached to an aromatic ring is 1. The Hall–Kier alpha value is -1.79. The van der Waals surface area contributed by atoms with Gasteiger partial charge >= 0.3 is 0 Å². The molecule has 0 heterocycles. The molecule has 0 radical (unpaired) electrons. The number of aliphatic hydroxyl groups is 2. The standard InChI is InChI=1S/C12H18N2O4/c1-7(15)14-6-10(16)12(17)9-5-8(13)3-4-11(9)18-2/h3-5,10,12,16-17H,6,13H2,1-2H3,(H,14,15). The molecule has 0 spiro atoms. The minimum Gasteiger partial charge on any atom is -0.496 e. The molecule has 1 aromatic rings. The summed E-state index contributed by atoms with van der Waals surface area (Å²) >= 11 is 0. The molecule has 1 aromatic carbocycles. The van der Waals surface area contributed by atoms with Gasteiger partial charge in [0.15, 0.2) is 0 Å². The Balaban J connectivity index is 2.84. The smallest absolute Gasteiger partial charge is 0.216 e. The lowest BCUT2D eigenvalue weighted by Crippen LogP contribution is -2.34. The molecule has 5 N–H and O–H groups in total. The van der Waals surface area contributed by atoms with Crippen LogP contribution in [0.25, 0.3) is 0 Å². The van der Waals surface area contributed by atoms with Crippen molar-refractivity contribution in [3.63, 3.8) is 0 Å². The lowest BCUT2D eigenvalue weighted by Gasteiger charge is -2.20. The number of rotatable bonds is 5. The number of anilines is 1. The number of carbonyl (C=O) groups excluding carboxylic acids is 1. The van der Waals surface area contributed by atoms with Gasteiger partial charge in [-0.2, -0.15) is 0 Å². The average molecular weight is 254 g/mol. The van der Waals surface area contributed by atoms with Crippen LogP contribution >= 0.6 is 0 Å². The van der Waals surface area contributed by atoms with Crippen LogP contribution in [0.4, 0.5) is 5.69 Å². The molecular weight excluding hydrogens is 236 g/mol. The first-order chi connectivity index (χ1) is 8.45. The number of methoxy groups -OCH3 is 1. The van der Waals surface area contributed by atoms with E-state index in [9.17, 15) is 15.0 Å². The normalized spacial score (nSPS) is 13.8. The second kappa shape index (κ2) is 6.23. The fraction of sp³-hybridized carbons (Fsp3) is 0.417. The van der Waals surface area contributed by atoms with Crippen molar-refractivity contribution < 1.29 is 19.7 Å². The molecule has 6 heteroatoms. The molecule has 1 amide bonds. The van der Waals surface area contributed by atoms with Gasteiger partial charge in [0.1, 0.15) is 18.0 Å². The van der Waals surface area contributed by atoms with Crippen molar-refractivity contribution >= 4 is 11.6 Å². The summed E-state index contributed by atoms with van der Waals surface area (Å²) in [6.45, 7) is 1.29. The van der Waals surface area contributed by atoms with Crippen molar-refractivity contribution in [3.8, 4) is 5.75 Å². The van der Waals surface area contributed by atoms with Crippen LogP contribution in [0.2, 0.25) is 0 Å². The predicted molar refractivity (Wildman–Crippen MR) is 67.1 cm³/mol. The molecule has 0 aliphatic carbocycles. The van der Waals surface area contributed by atoms with E-state index >= 15 is 0 Å². The van der Waals surface area contributed by atoms with Crippen molar-refractivity contribution in [1.82, 2.24) is 5.32 Å². The van der Waals surface area contributed by atoms with Gasteiger partial charge in [-0.3, -0.25) is 4.79 Å². The Kier molecular flexibility index (Phi) is 4.94. The molecule has 0 saturated carbocycles. The van der Waals surface area contributed by atoms with E-state index in [-0.39, 0.29) is 12.5 Å². The number of carbonyl (C=O) groups is 1. The summed E-state index contributed by atoms with van der Waals surface area (Å²) in [5.74, 6) is 0.152. The zero-order chi connectivity index (χ0) is 13.7. The zero-order valence-electron chi connectivity index (χ0n) is 10.4. The Morgan fingerprint density at radius 2 is 2.17 bits per heavy atom. The molecule has 0 saturated heterocycles. The minimum atomic E-state index is -1.18. The van der Waals surface area contributed by atoms with E-state index in [2.05, 4.69) is 5.32 Å². The monoisotopic (exact) mass is 254 g/mol. The van der Waals surface area contributed by atoms with E-state index in [1.54, 1.807) is 12.1 Å². The van der Waals surface area contributed by atoms with Crippen molar-refractivity contribution in [1.29, 1.82) is 0 Å². The molecule has 0 fully saturated rings. The molecule has 2 atom stereocenters. The Morgan fingerprint density at radius 3 is 2.72 bits per heavy atom. The van der Waals surface area contributed by atoms with Gasteiger partial charge in [-0.1, -0.05) is 0 Å². The molecule has 100 valence electrons. The third kappa shape index (κ3) is 3.61. The fourth-order valence-corrected chi connectivity index (χ4v) is 1.55. The van der Waals surface area contributed by atoms with Gasteiger partial charge in [-0.15, -0.1) is 0 Å². The summed E-state index contributed by atoms with van der Waals surface area (Å²) in [6, 6.07) is 4.77. The van der Waals surface area contributed by atoms with Crippen molar-refractivity contribution in [2.24, 2.45) is 0 Å². The lowest BCUT2D eigenvalue weighted by molar-refractivity contribution is -0.119. The van der Waals surface area contributed by atoms with Crippen LogP contribution in [0.15, 0.2) is 18.2 Å². The minimum absolute atomic E-state index is 0.0472. The van der Waals surface area contributed by atoms with E-state index in [1.165, 1.54) is 20.1 Å². The van der Waals surface area contributed by atoms with Crippen LogP contribution < -0.4 is 15.8 Å². The van der Waals surface area contributed by atoms with Gasteiger partial charge in [0.2, 0.25) is 5.91 Å². The Morgan fingerprint density at radius 1 is 1.50 bits per heavy atom. The van der Waals surface area contributed by atoms with Crippen molar-refractivity contribution in [2.75, 3.05) is 19.4 Å². The first-order valence-electron chi connectivity index (χ1n) is 5.49. The number of hydrogen-bond acceptors (Lipinski definition) is 5. The first-order valence-corrected chi connectivity index (χ1v) is 5.49. The molecule has 18 heavy (non-hydrogen) atoms. The average Bonchev–Trinajstić information content (AvgIpc) is 2.34. The molecule has 0 aliphatic rings. The van der Waals surface area contributed by atoms with Gasteiger partial charge in [-0.25, -0.2) is 0 Å². The highest BCUT2D eigenvalue weighted by Gasteiger charge is 2.22. The van der Waals surface area contributed by atoms with Crippen LogP contribution in [-0.4, -0.2) is 35.9 Å². The third-order valence-electron chi connectivity index (χ3n) is 2.50. The maximum atomic E-state index is 10.7. The Labute approximate surface area is 105 Å². The van der Waals surface area contributed by atoms with E-state index < -0.39 is 12.2 Å². The first kappa shape index (κ1) is 14.3. The number of benzene rings is 1. The fourth-order valence-electron chi connectivity index (χ4n) is 1.55. The summed E-state index contributed by atoms with van der Waals surface area (Å²) in [5, 5.41) is 22.2. The summed E-state index contributed by atoms with van der Waals surface area (Å²) in [6.07, 6.45) is -2.32. The number of ether oxygens (including phenoxy) is 1. The zero-order valence-corrected chi connectivity index (χ0v) is 10.4. The van der Waals surface area contributed by atoms with E-state index in [0.717, 1.165) is 0 Å². The lowest BCUT2D eigenvalue weighted by atomic mass is 10.0. The maximum absolute atomic E-state index is 10.7. The van der Waals surface area contributed by atoms with Gasteiger partial charge < -0.3 is 26.0 Å². The van der Waals surface area contributed by atoms with Crippen LogP contribution in [0.1, 0.15) is 18.6 Å². The molecule has 0 aliphatic heterocycles. The molecule has 0 aromatic heterocycles. The van der Waals surface area contributed by atoms with E-state index in [0.29, 0.717) is 17.0 Å². The number of nitrogens with one attached hydrogen (secondary N) is 1. The highest BCUT2D eigenvalue weighted by atomic mass is 16.5. The van der Waals surface area contributed by atoms with Gasteiger partial charge in [0.25, 0.3) is 0 Å². The van der Waals surface area contributed by atoms with Crippen LogP contribution in [-0.2, 0) is 4.79 Å². The third-order valence-corrected chi connectivity index (χ3v) is 2.50. The molecule has 2 unspecified atom stereocenters. The quantitative estimate of drug-likeness (QED) is 0.545. The summed E-state index contributed by atoms with van der Waals surface area (Å²) in [7, 11) is 1.46. The summed E-state index contributed by atoms with van der Waals surface area (Å²) in [5.41, 5.74) is 6.46. The van der Waals surface area contributed by atoms with Gasteiger partial charge in [0.05, 0.1) is 7.11 Å². The number of aliphatic hydroxyl groups excluding tert-OH is 2. The highest BCUT2D eigenvalue weighted by molar-refractivity contribution is 5.72. The van der Waals surface area contributed by atoms with Crippen LogP contribution in [0.3, 0.4) is 0 Å². The molecule has 0 bridgehead atoms. The van der Waals surface area contributed by atoms with Crippen molar-refractivity contribution in [2.45, 2.75) is 19.1 Å². The van der Waals surface area contributed by atoms with Gasteiger partial charge in [-0.05, 0) is 18.2 Å². The maximum Gasteiger partial charge on any atom is 0.216 e. The van der Waals surface area contributed by atoms with Crippen LogP contribution in [0.5, 0.6) is 5.75 Å². The highest BCUT2D eigenvalue weighted by Crippen LogP contribution is 2.29. The number of hydrogen-bond donors (Lipinski definition) is 4. The molecule has 1 rings (SSSR count). The van der Waals surface area contributed by atoms with E-state index in [4.69, 9.17) is 10.5 Å². The van der Waals surface area contributed by atoms with Crippen molar-refractivity contribution in [3.05, 3.63) is 23.8 Å². The topological polar surface area (TPSA) is 105 Å². The SMILES string of the molecule is COc1ccc(N)cc1C(O)C(O)CNC(C)=O. The summed E-state index contributed by atoms with van der Waals surface area (Å²) < 4.78 is 5.08. The summed E-state index contributed by atoms with van der Waals surface area (Å²) in [4.78, 5) is 10.7. The second-order valence-electron chi connectivity index (χ2n) is 3.95. The van der Waals surface area contributed by atoms with E-state index in [1.807, 2.05) is 0 Å². The van der Waals surface area contributed by atoms with Crippen LogP contribution in [0, 0.1) is 0 Å². The van der Waals surface area contributed by atoms with Gasteiger partial charge in [0, 0.05) is 24.7 Å². The Bertz CT molecular complexity index is 423. The second-order valence-corrected chi connectivity index (χ2v) is 3.95. The number of amides is 1. The molecule has 6 nitrogen and oxygen atoms in total. The molecular formula is C12H18N2O4. The predicted octanol–water partition coefficient (Wildman–Crippen LogP) is -0.192.